The van der Waals surface area contributed by atoms with Crippen LogP contribution in [0.25, 0.3) is 0 Å². The molecule has 0 aliphatic carbocycles. The van der Waals surface area contributed by atoms with E-state index in [4.69, 9.17) is 4.74 Å². The highest BCUT2D eigenvalue weighted by Gasteiger charge is 2.14. The lowest BCUT2D eigenvalue weighted by atomic mass is 9.87. The Bertz CT molecular complexity index is 672. The molecule has 116 valence electrons. The van der Waals surface area contributed by atoms with Crippen LogP contribution in [0.2, 0.25) is 0 Å². The fraction of sp³-hybridized carbons (Fsp3) is 0.278. The van der Waals surface area contributed by atoms with Gasteiger partial charge < -0.3 is 10.1 Å². The quantitative estimate of drug-likeness (QED) is 0.834. The van der Waals surface area contributed by atoms with Crippen molar-refractivity contribution in [3.8, 4) is 5.75 Å². The highest BCUT2D eigenvalue weighted by Crippen LogP contribution is 2.25. The van der Waals surface area contributed by atoms with E-state index in [1.807, 2.05) is 24.3 Å². The van der Waals surface area contributed by atoms with Crippen LogP contribution in [0, 0.1) is 0 Å². The van der Waals surface area contributed by atoms with Gasteiger partial charge in [0.05, 0.1) is 12.7 Å². The van der Waals surface area contributed by atoms with Crippen LogP contribution < -0.4 is 10.1 Å². The van der Waals surface area contributed by atoms with Crippen LogP contribution in [0.15, 0.2) is 46.9 Å². The summed E-state index contributed by atoms with van der Waals surface area (Å²) >= 11 is 3.39. The van der Waals surface area contributed by atoms with E-state index < -0.39 is 0 Å². The summed E-state index contributed by atoms with van der Waals surface area (Å²) in [7, 11) is 1.58. The summed E-state index contributed by atoms with van der Waals surface area (Å²) < 4.78 is 5.90. The average molecular weight is 362 g/mol. The van der Waals surface area contributed by atoms with Crippen molar-refractivity contribution in [1.82, 2.24) is 0 Å². The molecular formula is C18H20BrNO2. The number of benzene rings is 2. The molecule has 0 heterocycles. The Morgan fingerprint density at radius 3 is 2.27 bits per heavy atom. The molecule has 22 heavy (non-hydrogen) atoms. The standard InChI is InChI=1S/C18H20BrNO2/c1-18(2,3)12-5-7-13(8-6-12)20-17(21)15-11-14(22-4)9-10-16(15)19/h5-11H,1-4H3,(H,20,21). The van der Waals surface area contributed by atoms with Crippen molar-refractivity contribution < 1.29 is 9.53 Å². The van der Waals surface area contributed by atoms with E-state index >= 15 is 0 Å². The highest BCUT2D eigenvalue weighted by atomic mass is 79.9. The lowest BCUT2D eigenvalue weighted by molar-refractivity contribution is 0.102. The topological polar surface area (TPSA) is 38.3 Å². The zero-order valence-electron chi connectivity index (χ0n) is 13.2. The van der Waals surface area contributed by atoms with Crippen molar-refractivity contribution in [1.29, 1.82) is 0 Å². The van der Waals surface area contributed by atoms with Crippen LogP contribution in [-0.2, 0) is 5.41 Å². The first kappa shape index (κ1) is 16.6. The van der Waals surface area contributed by atoms with Gasteiger partial charge in [0.2, 0.25) is 0 Å². The molecular weight excluding hydrogens is 342 g/mol. The highest BCUT2D eigenvalue weighted by molar-refractivity contribution is 9.10. The van der Waals surface area contributed by atoms with Gasteiger partial charge in [0, 0.05) is 10.2 Å². The van der Waals surface area contributed by atoms with E-state index in [1.54, 1.807) is 25.3 Å². The first-order valence-electron chi connectivity index (χ1n) is 7.06. The number of carbonyl (C=O) groups excluding carboxylic acids is 1. The Morgan fingerprint density at radius 1 is 1.09 bits per heavy atom. The normalized spacial score (nSPS) is 11.1. The molecule has 0 fully saturated rings. The largest absolute Gasteiger partial charge is 0.497 e. The van der Waals surface area contributed by atoms with Crippen LogP contribution in [0.1, 0.15) is 36.7 Å². The van der Waals surface area contributed by atoms with Crippen molar-refractivity contribution in [3.05, 3.63) is 58.1 Å². The molecule has 0 aromatic heterocycles. The van der Waals surface area contributed by atoms with Crippen molar-refractivity contribution in [2.75, 3.05) is 12.4 Å². The second-order valence-corrected chi connectivity index (χ2v) is 6.98. The van der Waals surface area contributed by atoms with Crippen LogP contribution in [-0.4, -0.2) is 13.0 Å². The van der Waals surface area contributed by atoms with Gasteiger partial charge in [-0.05, 0) is 57.2 Å². The van der Waals surface area contributed by atoms with Gasteiger partial charge in [-0.15, -0.1) is 0 Å². The minimum absolute atomic E-state index is 0.0956. The molecule has 1 N–H and O–H groups in total. The number of halogens is 1. The van der Waals surface area contributed by atoms with Crippen LogP contribution in [0.3, 0.4) is 0 Å². The Morgan fingerprint density at radius 2 is 1.73 bits per heavy atom. The van der Waals surface area contributed by atoms with Crippen molar-refractivity contribution >= 4 is 27.5 Å². The minimum atomic E-state index is -0.172. The molecule has 0 atom stereocenters. The number of ether oxygens (including phenoxy) is 1. The van der Waals surface area contributed by atoms with E-state index in [9.17, 15) is 4.79 Å². The summed E-state index contributed by atoms with van der Waals surface area (Å²) in [5, 5.41) is 2.90. The third kappa shape index (κ3) is 3.89. The van der Waals surface area contributed by atoms with Gasteiger partial charge in [0.25, 0.3) is 5.91 Å². The number of anilines is 1. The summed E-state index contributed by atoms with van der Waals surface area (Å²) in [4.78, 5) is 12.4. The molecule has 0 aliphatic rings. The number of amides is 1. The summed E-state index contributed by atoms with van der Waals surface area (Å²) in [5.41, 5.74) is 2.64. The molecule has 0 spiro atoms. The van der Waals surface area contributed by atoms with Gasteiger partial charge in [-0.25, -0.2) is 0 Å². The summed E-state index contributed by atoms with van der Waals surface area (Å²) in [5.74, 6) is 0.478. The van der Waals surface area contributed by atoms with E-state index in [-0.39, 0.29) is 11.3 Å². The summed E-state index contributed by atoms with van der Waals surface area (Å²) in [6.07, 6.45) is 0. The van der Waals surface area contributed by atoms with Crippen molar-refractivity contribution in [3.63, 3.8) is 0 Å². The van der Waals surface area contributed by atoms with Gasteiger partial charge in [-0.3, -0.25) is 4.79 Å². The smallest absolute Gasteiger partial charge is 0.256 e. The lowest BCUT2D eigenvalue weighted by Gasteiger charge is -2.19. The van der Waals surface area contributed by atoms with Crippen LogP contribution in [0.4, 0.5) is 5.69 Å². The third-order valence-electron chi connectivity index (χ3n) is 3.43. The van der Waals surface area contributed by atoms with Gasteiger partial charge >= 0.3 is 0 Å². The molecule has 4 heteroatoms. The molecule has 0 saturated heterocycles. The molecule has 0 unspecified atom stereocenters. The van der Waals surface area contributed by atoms with E-state index in [0.717, 1.165) is 10.2 Å². The van der Waals surface area contributed by atoms with Crippen molar-refractivity contribution in [2.24, 2.45) is 0 Å². The Kier molecular flexibility index (Phi) is 4.91. The molecule has 2 aromatic carbocycles. The molecule has 0 saturated carbocycles. The number of hydrogen-bond donors (Lipinski definition) is 1. The molecule has 0 aliphatic heterocycles. The van der Waals surface area contributed by atoms with Crippen LogP contribution in [0.5, 0.6) is 5.75 Å². The van der Waals surface area contributed by atoms with E-state index in [1.165, 1.54) is 5.56 Å². The van der Waals surface area contributed by atoms with E-state index in [0.29, 0.717) is 11.3 Å². The Hall–Kier alpha value is -1.81. The SMILES string of the molecule is COc1ccc(Br)c(C(=O)Nc2ccc(C(C)(C)C)cc2)c1. The maximum absolute atomic E-state index is 12.4. The Balaban J connectivity index is 2.19. The van der Waals surface area contributed by atoms with Gasteiger partial charge in [0.15, 0.2) is 0 Å². The molecule has 0 bridgehead atoms. The molecule has 2 rings (SSSR count). The fourth-order valence-electron chi connectivity index (χ4n) is 2.06. The average Bonchev–Trinajstić information content (AvgIpc) is 2.47. The Labute approximate surface area is 139 Å². The molecule has 3 nitrogen and oxygen atoms in total. The number of methoxy groups -OCH3 is 1. The monoisotopic (exact) mass is 361 g/mol. The predicted octanol–water partition coefficient (Wildman–Crippen LogP) is 5.01. The van der Waals surface area contributed by atoms with Gasteiger partial charge in [-0.2, -0.15) is 0 Å². The molecule has 0 radical (unpaired) electrons. The summed E-state index contributed by atoms with van der Waals surface area (Å²) in [6, 6.07) is 13.2. The number of carbonyl (C=O) groups is 1. The number of rotatable bonds is 3. The third-order valence-corrected chi connectivity index (χ3v) is 4.12. The zero-order chi connectivity index (χ0) is 16.3. The predicted molar refractivity (Wildman–Crippen MR) is 93.8 cm³/mol. The first-order chi connectivity index (χ1) is 10.3. The maximum Gasteiger partial charge on any atom is 0.256 e. The minimum Gasteiger partial charge on any atom is -0.497 e. The second-order valence-electron chi connectivity index (χ2n) is 6.13. The van der Waals surface area contributed by atoms with Gasteiger partial charge in [0.1, 0.15) is 5.75 Å². The number of nitrogens with one attached hydrogen (secondary N) is 1. The lowest BCUT2D eigenvalue weighted by Crippen LogP contribution is -2.14. The molecule has 1 amide bonds. The van der Waals surface area contributed by atoms with Crippen molar-refractivity contribution in [2.45, 2.75) is 26.2 Å². The second kappa shape index (κ2) is 6.53. The number of hydrogen-bond acceptors (Lipinski definition) is 2. The molecule has 2 aromatic rings. The fourth-order valence-corrected chi connectivity index (χ4v) is 2.48. The van der Waals surface area contributed by atoms with Gasteiger partial charge in [-0.1, -0.05) is 32.9 Å². The van der Waals surface area contributed by atoms with E-state index in [2.05, 4.69) is 42.0 Å². The maximum atomic E-state index is 12.4. The summed E-state index contributed by atoms with van der Waals surface area (Å²) in [6.45, 7) is 6.48. The van der Waals surface area contributed by atoms with Crippen LogP contribution >= 0.6 is 15.9 Å². The zero-order valence-corrected chi connectivity index (χ0v) is 14.8. The first-order valence-corrected chi connectivity index (χ1v) is 7.86.